The van der Waals surface area contributed by atoms with E-state index in [0.29, 0.717) is 5.82 Å². The third kappa shape index (κ3) is 1.32. The fraction of sp³-hybridized carbons (Fsp3) is 0.111. The van der Waals surface area contributed by atoms with Gasteiger partial charge in [0.2, 0.25) is 0 Å². The lowest BCUT2D eigenvalue weighted by Gasteiger charge is -2.02. The average molecular weight is 192 g/mol. The van der Waals surface area contributed by atoms with Crippen LogP contribution in [0, 0.1) is 5.82 Å². The van der Waals surface area contributed by atoms with Gasteiger partial charge in [0.25, 0.3) is 0 Å². The first-order chi connectivity index (χ1) is 6.68. The van der Waals surface area contributed by atoms with Crippen molar-refractivity contribution < 1.29 is 4.39 Å². The Morgan fingerprint density at radius 1 is 1.43 bits per heavy atom. The molecule has 2 rings (SSSR count). The molecule has 0 saturated heterocycles. The van der Waals surface area contributed by atoms with E-state index in [4.69, 9.17) is 5.73 Å². The Kier molecular flexibility index (Phi) is 1.92. The number of anilines is 1. The van der Waals surface area contributed by atoms with Crippen LogP contribution in [0.5, 0.6) is 0 Å². The molecule has 0 spiro atoms. The first kappa shape index (κ1) is 8.68. The SMILES string of the molecule is Cn1ncnc1-c1ccc(F)c(N)c1. The lowest BCUT2D eigenvalue weighted by molar-refractivity contribution is 0.632. The summed E-state index contributed by atoms with van der Waals surface area (Å²) in [7, 11) is 1.77. The average Bonchev–Trinajstić information content (AvgIpc) is 2.57. The van der Waals surface area contributed by atoms with Crippen molar-refractivity contribution in [3.05, 3.63) is 30.3 Å². The lowest BCUT2D eigenvalue weighted by Crippen LogP contribution is -1.96. The molecule has 0 aliphatic heterocycles. The van der Waals surface area contributed by atoms with Gasteiger partial charge >= 0.3 is 0 Å². The zero-order valence-electron chi connectivity index (χ0n) is 7.61. The third-order valence-electron chi connectivity index (χ3n) is 1.97. The molecule has 0 unspecified atom stereocenters. The van der Waals surface area contributed by atoms with Crippen LogP contribution in [0.3, 0.4) is 0 Å². The van der Waals surface area contributed by atoms with Gasteiger partial charge in [-0.15, -0.1) is 0 Å². The highest BCUT2D eigenvalue weighted by molar-refractivity contribution is 5.61. The molecule has 4 nitrogen and oxygen atoms in total. The Hall–Kier alpha value is -1.91. The minimum absolute atomic E-state index is 0.116. The molecule has 0 radical (unpaired) electrons. The number of rotatable bonds is 1. The van der Waals surface area contributed by atoms with Crippen LogP contribution in [-0.4, -0.2) is 14.8 Å². The van der Waals surface area contributed by atoms with Crippen molar-refractivity contribution in [1.29, 1.82) is 0 Å². The zero-order chi connectivity index (χ0) is 10.1. The molecule has 14 heavy (non-hydrogen) atoms. The summed E-state index contributed by atoms with van der Waals surface area (Å²) in [5, 5.41) is 3.92. The number of halogens is 1. The Labute approximate surface area is 80.2 Å². The second-order valence-electron chi connectivity index (χ2n) is 2.94. The van der Waals surface area contributed by atoms with Crippen LogP contribution in [0.2, 0.25) is 0 Å². The Morgan fingerprint density at radius 3 is 2.79 bits per heavy atom. The number of nitrogens with two attached hydrogens (primary N) is 1. The van der Waals surface area contributed by atoms with E-state index in [1.165, 1.54) is 12.4 Å². The summed E-state index contributed by atoms with van der Waals surface area (Å²) in [6.07, 6.45) is 1.44. The van der Waals surface area contributed by atoms with E-state index in [0.717, 1.165) is 5.56 Å². The third-order valence-corrected chi connectivity index (χ3v) is 1.97. The predicted octanol–water partition coefficient (Wildman–Crippen LogP) is 1.20. The van der Waals surface area contributed by atoms with Crippen LogP contribution < -0.4 is 5.73 Å². The van der Waals surface area contributed by atoms with Crippen molar-refractivity contribution in [1.82, 2.24) is 14.8 Å². The molecule has 1 aromatic heterocycles. The molecule has 0 bridgehead atoms. The Morgan fingerprint density at radius 2 is 2.21 bits per heavy atom. The highest BCUT2D eigenvalue weighted by atomic mass is 19.1. The maximum absolute atomic E-state index is 12.9. The van der Waals surface area contributed by atoms with Crippen molar-refractivity contribution in [2.24, 2.45) is 7.05 Å². The number of aromatic nitrogens is 3. The van der Waals surface area contributed by atoms with Crippen LogP contribution in [-0.2, 0) is 7.05 Å². The van der Waals surface area contributed by atoms with Gasteiger partial charge in [-0.1, -0.05) is 0 Å². The number of nitrogen functional groups attached to an aromatic ring is 1. The van der Waals surface area contributed by atoms with E-state index >= 15 is 0 Å². The molecule has 1 aromatic carbocycles. The number of aryl methyl sites for hydroxylation is 1. The number of hydrogen-bond donors (Lipinski definition) is 1. The zero-order valence-corrected chi connectivity index (χ0v) is 7.61. The molecule has 2 aromatic rings. The van der Waals surface area contributed by atoms with Crippen molar-refractivity contribution in [2.75, 3.05) is 5.73 Å². The fourth-order valence-electron chi connectivity index (χ4n) is 1.24. The van der Waals surface area contributed by atoms with Gasteiger partial charge in [-0.3, -0.25) is 0 Å². The largest absolute Gasteiger partial charge is 0.396 e. The van der Waals surface area contributed by atoms with Gasteiger partial charge in [0.05, 0.1) is 5.69 Å². The number of nitrogens with zero attached hydrogens (tertiary/aromatic N) is 3. The van der Waals surface area contributed by atoms with Gasteiger partial charge in [-0.25, -0.2) is 14.1 Å². The van der Waals surface area contributed by atoms with Gasteiger partial charge in [0, 0.05) is 12.6 Å². The molecule has 1 heterocycles. The summed E-state index contributed by atoms with van der Waals surface area (Å²) in [6, 6.07) is 4.48. The number of hydrogen-bond acceptors (Lipinski definition) is 3. The highest BCUT2D eigenvalue weighted by Crippen LogP contribution is 2.20. The molecular formula is C9H9FN4. The summed E-state index contributed by atoms with van der Waals surface area (Å²) in [6.45, 7) is 0. The molecule has 0 fully saturated rings. The number of benzene rings is 1. The first-order valence-corrected chi connectivity index (χ1v) is 4.08. The van der Waals surface area contributed by atoms with Crippen LogP contribution in [0.1, 0.15) is 0 Å². The van der Waals surface area contributed by atoms with Crippen LogP contribution in [0.25, 0.3) is 11.4 Å². The maximum Gasteiger partial charge on any atom is 0.157 e. The van der Waals surface area contributed by atoms with Gasteiger partial charge in [0.1, 0.15) is 12.1 Å². The van der Waals surface area contributed by atoms with Gasteiger partial charge in [-0.2, -0.15) is 5.10 Å². The fourth-order valence-corrected chi connectivity index (χ4v) is 1.24. The van der Waals surface area contributed by atoms with Gasteiger partial charge < -0.3 is 5.73 Å². The van der Waals surface area contributed by atoms with Gasteiger partial charge in [0.15, 0.2) is 5.82 Å². The normalized spacial score (nSPS) is 10.4. The van der Waals surface area contributed by atoms with Crippen molar-refractivity contribution >= 4 is 5.69 Å². The molecule has 0 aliphatic carbocycles. The standard InChI is InChI=1S/C9H9FN4/c1-14-9(12-5-13-14)6-2-3-7(10)8(11)4-6/h2-5H,11H2,1H3. The van der Waals surface area contributed by atoms with Crippen LogP contribution >= 0.6 is 0 Å². The van der Waals surface area contributed by atoms with E-state index in [2.05, 4.69) is 10.1 Å². The van der Waals surface area contributed by atoms with E-state index < -0.39 is 5.82 Å². The molecule has 0 atom stereocenters. The minimum Gasteiger partial charge on any atom is -0.396 e. The second-order valence-corrected chi connectivity index (χ2v) is 2.94. The smallest absolute Gasteiger partial charge is 0.157 e. The van der Waals surface area contributed by atoms with Crippen LogP contribution in [0.15, 0.2) is 24.5 Å². The van der Waals surface area contributed by atoms with Crippen molar-refractivity contribution in [3.8, 4) is 11.4 Å². The quantitative estimate of drug-likeness (QED) is 0.691. The van der Waals surface area contributed by atoms with E-state index in [1.807, 2.05) is 0 Å². The predicted molar refractivity (Wildman–Crippen MR) is 50.8 cm³/mol. The van der Waals surface area contributed by atoms with Crippen LogP contribution in [0.4, 0.5) is 10.1 Å². The van der Waals surface area contributed by atoms with E-state index in [-0.39, 0.29) is 5.69 Å². The summed E-state index contributed by atoms with van der Waals surface area (Å²) >= 11 is 0. The molecule has 5 heteroatoms. The molecule has 0 saturated carbocycles. The maximum atomic E-state index is 12.9. The van der Waals surface area contributed by atoms with E-state index in [1.54, 1.807) is 23.9 Å². The summed E-state index contributed by atoms with van der Waals surface area (Å²) in [4.78, 5) is 4.03. The molecule has 0 aliphatic rings. The summed E-state index contributed by atoms with van der Waals surface area (Å²) in [5.74, 6) is 0.243. The monoisotopic (exact) mass is 192 g/mol. The van der Waals surface area contributed by atoms with Crippen molar-refractivity contribution in [3.63, 3.8) is 0 Å². The van der Waals surface area contributed by atoms with Crippen molar-refractivity contribution in [2.45, 2.75) is 0 Å². The molecule has 2 N–H and O–H groups in total. The molecule has 72 valence electrons. The Balaban J connectivity index is 2.53. The van der Waals surface area contributed by atoms with E-state index in [9.17, 15) is 4.39 Å². The topological polar surface area (TPSA) is 56.7 Å². The first-order valence-electron chi connectivity index (χ1n) is 4.08. The Bertz CT molecular complexity index is 464. The lowest BCUT2D eigenvalue weighted by atomic mass is 10.2. The summed E-state index contributed by atoms with van der Waals surface area (Å²) < 4.78 is 14.5. The molecular weight excluding hydrogens is 183 g/mol. The second kappa shape index (κ2) is 3.10. The van der Waals surface area contributed by atoms with Gasteiger partial charge in [-0.05, 0) is 18.2 Å². The minimum atomic E-state index is -0.420. The summed E-state index contributed by atoms with van der Waals surface area (Å²) in [5.41, 5.74) is 6.31. The molecule has 0 amide bonds. The highest BCUT2D eigenvalue weighted by Gasteiger charge is 2.06.